The van der Waals surface area contributed by atoms with Crippen molar-refractivity contribution in [1.29, 1.82) is 0 Å². The molecule has 1 aliphatic rings. The topological polar surface area (TPSA) is 3.24 Å². The zero-order chi connectivity index (χ0) is 12.3. The van der Waals surface area contributed by atoms with Gasteiger partial charge in [-0.25, -0.2) is 0 Å². The number of rotatable bonds is 3. The normalized spacial score (nSPS) is 18.5. The van der Waals surface area contributed by atoms with Crippen LogP contribution in [0.5, 0.6) is 0 Å². The first-order chi connectivity index (χ1) is 8.20. The van der Waals surface area contributed by atoms with Crippen molar-refractivity contribution in [1.82, 2.24) is 4.90 Å². The van der Waals surface area contributed by atoms with Crippen molar-refractivity contribution in [2.24, 2.45) is 5.92 Å². The Labute approximate surface area is 118 Å². The number of nitrogens with zero attached hydrogens (tertiary/aromatic N) is 1. The second-order valence-electron chi connectivity index (χ2n) is 4.59. The number of piperidine rings is 1. The summed E-state index contributed by atoms with van der Waals surface area (Å²) < 4.78 is 0. The predicted octanol–water partition coefficient (Wildman–Crippen LogP) is 4.44. The van der Waals surface area contributed by atoms with Crippen LogP contribution in [0, 0.1) is 5.92 Å². The fourth-order valence-electron chi connectivity index (χ4n) is 2.21. The molecule has 0 N–H and O–H groups in total. The molecule has 0 amide bonds. The molecule has 1 nitrogen and oxygen atoms in total. The van der Waals surface area contributed by atoms with Crippen molar-refractivity contribution < 1.29 is 0 Å². The molecule has 0 bridgehead atoms. The Balaban J connectivity index is 1.95. The highest BCUT2D eigenvalue weighted by molar-refractivity contribution is 6.42. The van der Waals surface area contributed by atoms with Crippen molar-refractivity contribution in [3.8, 4) is 0 Å². The molecule has 1 heterocycles. The molecule has 1 aromatic rings. The maximum atomic E-state index is 6.19. The average molecular weight is 293 g/mol. The van der Waals surface area contributed by atoms with Gasteiger partial charge < -0.3 is 0 Å². The van der Waals surface area contributed by atoms with Crippen LogP contribution >= 0.6 is 34.8 Å². The monoisotopic (exact) mass is 291 g/mol. The molecule has 94 valence electrons. The van der Waals surface area contributed by atoms with Gasteiger partial charge in [-0.05, 0) is 43.5 Å². The number of alkyl halides is 1. The summed E-state index contributed by atoms with van der Waals surface area (Å²) in [6.45, 7) is 3.08. The van der Waals surface area contributed by atoms with E-state index >= 15 is 0 Å². The highest BCUT2D eigenvalue weighted by atomic mass is 35.5. The summed E-state index contributed by atoms with van der Waals surface area (Å²) >= 11 is 18.1. The van der Waals surface area contributed by atoms with Gasteiger partial charge in [0.1, 0.15) is 0 Å². The molecule has 1 aliphatic heterocycles. The summed E-state index contributed by atoms with van der Waals surface area (Å²) in [6.07, 6.45) is 2.36. The van der Waals surface area contributed by atoms with E-state index in [0.717, 1.165) is 31.1 Å². The number of hydrogen-bond donors (Lipinski definition) is 0. The number of halogens is 3. The second kappa shape index (κ2) is 6.29. The van der Waals surface area contributed by atoms with Gasteiger partial charge in [0.05, 0.1) is 10.0 Å². The molecule has 0 saturated carbocycles. The third-order valence-electron chi connectivity index (χ3n) is 3.35. The minimum absolute atomic E-state index is 0.639. The van der Waals surface area contributed by atoms with Crippen molar-refractivity contribution in [2.75, 3.05) is 19.0 Å². The third kappa shape index (κ3) is 3.51. The fraction of sp³-hybridized carbons (Fsp3) is 0.538. The van der Waals surface area contributed by atoms with Crippen molar-refractivity contribution >= 4 is 34.8 Å². The Bertz CT molecular complexity index is 373. The Hall–Kier alpha value is 0.0500. The van der Waals surface area contributed by atoms with Gasteiger partial charge >= 0.3 is 0 Å². The lowest BCUT2D eigenvalue weighted by molar-refractivity contribution is 0.186. The van der Waals surface area contributed by atoms with Crippen molar-refractivity contribution in [2.45, 2.75) is 19.4 Å². The van der Waals surface area contributed by atoms with Crippen LogP contribution in [0.1, 0.15) is 18.4 Å². The lowest BCUT2D eigenvalue weighted by Crippen LogP contribution is -2.33. The molecular weight excluding hydrogens is 277 g/mol. The molecule has 0 spiro atoms. The van der Waals surface area contributed by atoms with E-state index in [2.05, 4.69) is 4.90 Å². The average Bonchev–Trinajstić information content (AvgIpc) is 2.36. The summed E-state index contributed by atoms with van der Waals surface area (Å²) in [6, 6.07) is 5.82. The molecule has 0 unspecified atom stereocenters. The molecule has 0 aromatic heterocycles. The van der Waals surface area contributed by atoms with Crippen molar-refractivity contribution in [3.63, 3.8) is 0 Å². The SMILES string of the molecule is ClCC1CCN(Cc2cccc(Cl)c2Cl)CC1. The standard InChI is InChI=1S/C13H16Cl3N/c14-8-10-4-6-17(7-5-10)9-11-2-1-3-12(15)13(11)16/h1-3,10H,4-9H2. The molecule has 1 saturated heterocycles. The lowest BCUT2D eigenvalue weighted by Gasteiger charge is -2.31. The molecule has 4 heteroatoms. The van der Waals surface area contributed by atoms with Gasteiger partial charge in [-0.3, -0.25) is 4.90 Å². The fourth-order valence-corrected chi connectivity index (χ4v) is 2.90. The van der Waals surface area contributed by atoms with Gasteiger partial charge in [0.25, 0.3) is 0 Å². The maximum Gasteiger partial charge on any atom is 0.0637 e. The van der Waals surface area contributed by atoms with Crippen LogP contribution in [0.15, 0.2) is 18.2 Å². The molecule has 0 aliphatic carbocycles. The summed E-state index contributed by atoms with van der Waals surface area (Å²) in [5.41, 5.74) is 1.11. The largest absolute Gasteiger partial charge is 0.299 e. The molecule has 1 fully saturated rings. The molecule has 1 aromatic carbocycles. The highest BCUT2D eigenvalue weighted by Crippen LogP contribution is 2.28. The Morgan fingerprint density at radius 1 is 1.18 bits per heavy atom. The summed E-state index contributed by atoms with van der Waals surface area (Å²) in [4.78, 5) is 2.42. The van der Waals surface area contributed by atoms with Crippen LogP contribution in [0.3, 0.4) is 0 Å². The van der Waals surface area contributed by atoms with Gasteiger partial charge in [0, 0.05) is 12.4 Å². The van der Waals surface area contributed by atoms with Crippen LogP contribution in [-0.2, 0) is 6.54 Å². The van der Waals surface area contributed by atoms with Gasteiger partial charge in [-0.15, -0.1) is 11.6 Å². The van der Waals surface area contributed by atoms with E-state index in [9.17, 15) is 0 Å². The van der Waals surface area contributed by atoms with E-state index in [1.54, 1.807) is 0 Å². The first kappa shape index (κ1) is 13.5. The zero-order valence-corrected chi connectivity index (χ0v) is 11.9. The van der Waals surface area contributed by atoms with E-state index in [1.165, 1.54) is 12.8 Å². The molecule has 17 heavy (non-hydrogen) atoms. The molecular formula is C13H16Cl3N. The van der Waals surface area contributed by atoms with E-state index in [4.69, 9.17) is 34.8 Å². The second-order valence-corrected chi connectivity index (χ2v) is 5.68. The first-order valence-corrected chi connectivity index (χ1v) is 7.21. The third-order valence-corrected chi connectivity index (χ3v) is 4.65. The molecule has 2 rings (SSSR count). The molecule has 0 atom stereocenters. The van der Waals surface area contributed by atoms with E-state index < -0.39 is 0 Å². The predicted molar refractivity (Wildman–Crippen MR) is 75.2 cm³/mol. The minimum Gasteiger partial charge on any atom is -0.299 e. The number of likely N-dealkylation sites (tertiary alicyclic amines) is 1. The Kier molecular flexibility index (Phi) is 4.98. The van der Waals surface area contributed by atoms with E-state index in [-0.39, 0.29) is 0 Å². The van der Waals surface area contributed by atoms with Gasteiger partial charge in [-0.2, -0.15) is 0 Å². The Morgan fingerprint density at radius 3 is 2.53 bits per heavy atom. The van der Waals surface area contributed by atoms with Crippen LogP contribution < -0.4 is 0 Å². The van der Waals surface area contributed by atoms with E-state index in [0.29, 0.717) is 16.0 Å². The van der Waals surface area contributed by atoms with Gasteiger partial charge in [0.15, 0.2) is 0 Å². The van der Waals surface area contributed by atoms with Crippen LogP contribution in [0.25, 0.3) is 0 Å². The smallest absolute Gasteiger partial charge is 0.0637 e. The maximum absolute atomic E-state index is 6.19. The summed E-state index contributed by atoms with van der Waals surface area (Å²) in [5, 5.41) is 1.33. The van der Waals surface area contributed by atoms with Gasteiger partial charge in [0.2, 0.25) is 0 Å². The van der Waals surface area contributed by atoms with Crippen LogP contribution in [0.4, 0.5) is 0 Å². The quantitative estimate of drug-likeness (QED) is 0.744. The summed E-state index contributed by atoms with van der Waals surface area (Å²) in [7, 11) is 0. The lowest BCUT2D eigenvalue weighted by atomic mass is 9.98. The summed E-state index contributed by atoms with van der Waals surface area (Å²) in [5.74, 6) is 1.47. The number of benzene rings is 1. The van der Waals surface area contributed by atoms with E-state index in [1.807, 2.05) is 18.2 Å². The Morgan fingerprint density at radius 2 is 1.88 bits per heavy atom. The first-order valence-electron chi connectivity index (χ1n) is 5.92. The minimum atomic E-state index is 0.639. The van der Waals surface area contributed by atoms with Crippen LogP contribution in [-0.4, -0.2) is 23.9 Å². The van der Waals surface area contributed by atoms with Crippen LogP contribution in [0.2, 0.25) is 10.0 Å². The highest BCUT2D eigenvalue weighted by Gasteiger charge is 2.19. The zero-order valence-electron chi connectivity index (χ0n) is 9.63. The number of hydrogen-bond acceptors (Lipinski definition) is 1. The van der Waals surface area contributed by atoms with Gasteiger partial charge in [-0.1, -0.05) is 35.3 Å². The molecule has 0 radical (unpaired) electrons. The van der Waals surface area contributed by atoms with Crippen molar-refractivity contribution in [3.05, 3.63) is 33.8 Å².